The molecule has 0 spiro atoms. The summed E-state index contributed by atoms with van der Waals surface area (Å²) in [5, 5.41) is 19.0. The monoisotopic (exact) mass is 225 g/mol. The zero-order valence-corrected chi connectivity index (χ0v) is 8.66. The molecule has 0 unspecified atom stereocenters. The summed E-state index contributed by atoms with van der Waals surface area (Å²) in [4.78, 5) is 25.5. The largest absolute Gasteiger partial charge is 0.480 e. The maximum absolute atomic E-state index is 10.5. The number of hydrogen-bond donors (Lipinski definition) is 1. The van der Waals surface area contributed by atoms with E-state index in [1.54, 1.807) is 11.8 Å². The van der Waals surface area contributed by atoms with Gasteiger partial charge in [-0.2, -0.15) is 0 Å². The first-order chi connectivity index (χ1) is 7.54. The summed E-state index contributed by atoms with van der Waals surface area (Å²) in [7, 11) is 0. The van der Waals surface area contributed by atoms with Crippen molar-refractivity contribution in [2.45, 2.75) is 6.92 Å². The van der Waals surface area contributed by atoms with Crippen LogP contribution in [0.15, 0.2) is 18.3 Å². The number of rotatable bonds is 5. The van der Waals surface area contributed by atoms with Crippen LogP contribution in [0.4, 0.5) is 11.5 Å². The number of aromatic nitrogens is 1. The Morgan fingerprint density at radius 1 is 1.62 bits per heavy atom. The molecule has 16 heavy (non-hydrogen) atoms. The van der Waals surface area contributed by atoms with Crippen LogP contribution in [0.5, 0.6) is 0 Å². The van der Waals surface area contributed by atoms with Gasteiger partial charge in [-0.1, -0.05) is 0 Å². The Hall–Kier alpha value is -2.18. The van der Waals surface area contributed by atoms with E-state index in [1.807, 2.05) is 0 Å². The van der Waals surface area contributed by atoms with Gasteiger partial charge in [0, 0.05) is 12.6 Å². The van der Waals surface area contributed by atoms with Crippen LogP contribution in [-0.2, 0) is 4.79 Å². The van der Waals surface area contributed by atoms with Crippen molar-refractivity contribution in [3.05, 3.63) is 28.4 Å². The molecule has 1 aromatic rings. The molecule has 1 rings (SSSR count). The van der Waals surface area contributed by atoms with Crippen LogP contribution in [0.25, 0.3) is 0 Å². The normalized spacial score (nSPS) is 9.81. The summed E-state index contributed by atoms with van der Waals surface area (Å²) in [6.07, 6.45) is 1.30. The van der Waals surface area contributed by atoms with Gasteiger partial charge >= 0.3 is 11.8 Å². The Balaban J connectivity index is 2.86. The maximum Gasteiger partial charge on any atom is 0.363 e. The Morgan fingerprint density at radius 2 is 2.31 bits per heavy atom. The summed E-state index contributed by atoms with van der Waals surface area (Å²) in [6, 6.07) is 2.73. The molecule has 1 N–H and O–H groups in total. The fourth-order valence-electron chi connectivity index (χ4n) is 1.22. The van der Waals surface area contributed by atoms with Gasteiger partial charge in [0.2, 0.25) is 0 Å². The lowest BCUT2D eigenvalue weighted by Gasteiger charge is -2.18. The van der Waals surface area contributed by atoms with Gasteiger partial charge in [0.05, 0.1) is 5.69 Å². The van der Waals surface area contributed by atoms with E-state index in [0.29, 0.717) is 12.2 Å². The number of carboxylic acids is 1. The molecule has 7 heteroatoms. The minimum atomic E-state index is -0.958. The van der Waals surface area contributed by atoms with Crippen LogP contribution in [-0.4, -0.2) is 34.1 Å². The van der Waals surface area contributed by atoms with E-state index in [2.05, 4.69) is 4.98 Å². The highest BCUT2D eigenvalue weighted by Gasteiger charge is 2.12. The predicted molar refractivity (Wildman–Crippen MR) is 56.4 cm³/mol. The highest BCUT2D eigenvalue weighted by molar-refractivity contribution is 5.73. The number of nitro groups is 1. The summed E-state index contributed by atoms with van der Waals surface area (Å²) < 4.78 is 0. The molecule has 1 aromatic heterocycles. The summed E-state index contributed by atoms with van der Waals surface area (Å²) in [6.45, 7) is 2.13. The van der Waals surface area contributed by atoms with Crippen molar-refractivity contribution in [3.8, 4) is 0 Å². The van der Waals surface area contributed by atoms with Crippen molar-refractivity contribution in [1.29, 1.82) is 0 Å². The molecule has 0 saturated carbocycles. The van der Waals surface area contributed by atoms with Crippen LogP contribution in [0.1, 0.15) is 6.92 Å². The number of nitrogens with zero attached hydrogens (tertiary/aromatic N) is 3. The first-order valence-corrected chi connectivity index (χ1v) is 4.61. The third-order valence-electron chi connectivity index (χ3n) is 1.99. The Kier molecular flexibility index (Phi) is 3.76. The van der Waals surface area contributed by atoms with Crippen molar-refractivity contribution < 1.29 is 14.8 Å². The van der Waals surface area contributed by atoms with Gasteiger partial charge in [0.15, 0.2) is 6.20 Å². The molecule has 0 saturated heterocycles. The Bertz CT molecular complexity index is 390. The fraction of sp³-hybridized carbons (Fsp3) is 0.333. The molecule has 0 aromatic carbocycles. The number of hydrogen-bond acceptors (Lipinski definition) is 5. The van der Waals surface area contributed by atoms with Crippen LogP contribution in [0.2, 0.25) is 0 Å². The van der Waals surface area contributed by atoms with Crippen molar-refractivity contribution in [2.24, 2.45) is 0 Å². The van der Waals surface area contributed by atoms with Gasteiger partial charge in [-0.3, -0.25) is 4.79 Å². The van der Waals surface area contributed by atoms with Crippen LogP contribution in [0, 0.1) is 10.1 Å². The molecule has 0 amide bonds. The molecule has 86 valence electrons. The van der Waals surface area contributed by atoms with Crippen LogP contribution >= 0.6 is 0 Å². The van der Waals surface area contributed by atoms with E-state index in [9.17, 15) is 14.9 Å². The molecule has 0 bridgehead atoms. The minimum Gasteiger partial charge on any atom is -0.480 e. The SMILES string of the molecule is CCN(CC(=O)O)c1ccc([N+](=O)[O-])nc1. The number of carboxylic acid groups (broad SMARTS) is 1. The van der Waals surface area contributed by atoms with E-state index in [4.69, 9.17) is 5.11 Å². The van der Waals surface area contributed by atoms with Gasteiger partial charge < -0.3 is 20.1 Å². The molecule has 0 atom stereocenters. The van der Waals surface area contributed by atoms with Gasteiger partial charge in [-0.05, 0) is 22.9 Å². The molecule has 0 radical (unpaired) electrons. The molecule has 0 aliphatic rings. The highest BCUT2D eigenvalue weighted by Crippen LogP contribution is 2.15. The molecular weight excluding hydrogens is 214 g/mol. The van der Waals surface area contributed by atoms with Gasteiger partial charge in [-0.15, -0.1) is 0 Å². The van der Waals surface area contributed by atoms with Gasteiger partial charge in [0.1, 0.15) is 6.54 Å². The van der Waals surface area contributed by atoms with E-state index < -0.39 is 10.9 Å². The maximum atomic E-state index is 10.5. The molecule has 7 nitrogen and oxygen atoms in total. The minimum absolute atomic E-state index is 0.157. The molecule has 0 fully saturated rings. The third kappa shape index (κ3) is 2.91. The van der Waals surface area contributed by atoms with Crippen molar-refractivity contribution >= 4 is 17.5 Å². The first-order valence-electron chi connectivity index (χ1n) is 4.61. The summed E-state index contributed by atoms with van der Waals surface area (Å²) >= 11 is 0. The number of carbonyl (C=O) groups is 1. The third-order valence-corrected chi connectivity index (χ3v) is 1.99. The number of aliphatic carboxylic acids is 1. The average molecular weight is 225 g/mol. The van der Waals surface area contributed by atoms with Crippen LogP contribution in [0.3, 0.4) is 0 Å². The second kappa shape index (κ2) is 5.06. The van der Waals surface area contributed by atoms with Crippen molar-refractivity contribution in [3.63, 3.8) is 0 Å². The van der Waals surface area contributed by atoms with Crippen molar-refractivity contribution in [1.82, 2.24) is 4.98 Å². The quantitative estimate of drug-likeness (QED) is 0.590. The molecule has 1 heterocycles. The standard InChI is InChI=1S/C9H11N3O4/c1-2-11(6-9(13)14)7-3-4-8(10-5-7)12(15)16/h3-5H,2,6H2,1H3,(H,13,14). The Labute approximate surface area is 91.5 Å². The van der Waals surface area contributed by atoms with Gasteiger partial charge in [0.25, 0.3) is 0 Å². The van der Waals surface area contributed by atoms with E-state index >= 15 is 0 Å². The number of pyridine rings is 1. The van der Waals surface area contributed by atoms with E-state index in [1.165, 1.54) is 18.3 Å². The van der Waals surface area contributed by atoms with Gasteiger partial charge in [-0.25, -0.2) is 0 Å². The van der Waals surface area contributed by atoms with E-state index in [0.717, 1.165) is 0 Å². The first kappa shape index (κ1) is 11.9. The average Bonchev–Trinajstić information content (AvgIpc) is 2.25. The zero-order valence-electron chi connectivity index (χ0n) is 8.66. The summed E-state index contributed by atoms with van der Waals surface area (Å²) in [5.41, 5.74) is 0.551. The lowest BCUT2D eigenvalue weighted by molar-refractivity contribution is -0.389. The lowest BCUT2D eigenvalue weighted by atomic mass is 10.3. The molecular formula is C9H11N3O4. The van der Waals surface area contributed by atoms with Crippen molar-refractivity contribution in [2.75, 3.05) is 18.0 Å². The molecule has 0 aliphatic carbocycles. The highest BCUT2D eigenvalue weighted by atomic mass is 16.6. The fourth-order valence-corrected chi connectivity index (χ4v) is 1.22. The predicted octanol–water partition coefficient (Wildman–Crippen LogP) is 0.901. The second-order valence-electron chi connectivity index (χ2n) is 3.04. The number of likely N-dealkylation sites (N-methyl/N-ethyl adjacent to an activating group) is 1. The van der Waals surface area contributed by atoms with E-state index in [-0.39, 0.29) is 12.4 Å². The smallest absolute Gasteiger partial charge is 0.363 e. The lowest BCUT2D eigenvalue weighted by Crippen LogP contribution is -2.29. The summed E-state index contributed by atoms with van der Waals surface area (Å²) in [5.74, 6) is -1.21. The Morgan fingerprint density at radius 3 is 2.69 bits per heavy atom. The number of anilines is 1. The zero-order chi connectivity index (χ0) is 12.1. The topological polar surface area (TPSA) is 96.6 Å². The van der Waals surface area contributed by atoms with Crippen LogP contribution < -0.4 is 4.90 Å². The molecule has 0 aliphatic heterocycles. The second-order valence-corrected chi connectivity index (χ2v) is 3.04.